The summed E-state index contributed by atoms with van der Waals surface area (Å²) in [6.07, 6.45) is 4.12. The largest absolute Gasteiger partial charge is 0.353 e. The summed E-state index contributed by atoms with van der Waals surface area (Å²) in [7, 11) is 0. The van der Waals surface area contributed by atoms with Crippen molar-refractivity contribution in [1.29, 1.82) is 0 Å². The third-order valence-electron chi connectivity index (χ3n) is 5.44. The number of nitrogens with one attached hydrogen (secondary N) is 2. The van der Waals surface area contributed by atoms with Crippen LogP contribution in [0.25, 0.3) is 11.2 Å². The summed E-state index contributed by atoms with van der Waals surface area (Å²) in [5, 5.41) is 7.11. The van der Waals surface area contributed by atoms with Gasteiger partial charge in [0.2, 0.25) is 5.95 Å². The summed E-state index contributed by atoms with van der Waals surface area (Å²) >= 11 is 0. The van der Waals surface area contributed by atoms with E-state index in [0.29, 0.717) is 6.04 Å². The van der Waals surface area contributed by atoms with Gasteiger partial charge in [0.1, 0.15) is 5.52 Å². The molecular weight excluding hydrogens is 455 g/mol. The normalized spacial score (nSPS) is 14.4. The van der Waals surface area contributed by atoms with E-state index in [0.717, 1.165) is 69.2 Å². The Morgan fingerprint density at radius 1 is 1.00 bits per heavy atom. The molecule has 1 saturated heterocycles. The molecule has 1 aromatic carbocycles. The molecule has 1 aliphatic rings. The first-order chi connectivity index (χ1) is 13.8. The Morgan fingerprint density at radius 3 is 2.45 bits per heavy atom. The number of likely N-dealkylation sites (N-methyl/N-ethyl adjacent to an activating group) is 1. The van der Waals surface area contributed by atoms with Gasteiger partial charge in [-0.25, -0.2) is 9.97 Å². The van der Waals surface area contributed by atoms with E-state index in [9.17, 15) is 0 Å². The number of rotatable bonds is 8. The van der Waals surface area contributed by atoms with E-state index in [1.165, 1.54) is 5.56 Å². The van der Waals surface area contributed by atoms with Gasteiger partial charge in [-0.1, -0.05) is 37.3 Å². The van der Waals surface area contributed by atoms with E-state index >= 15 is 0 Å². The average Bonchev–Trinajstić information content (AvgIpc) is 3.08. The minimum Gasteiger partial charge on any atom is -0.353 e. The van der Waals surface area contributed by atoms with E-state index in [2.05, 4.69) is 62.3 Å². The molecular formula is C22H33Cl3N6. The molecule has 172 valence electrons. The van der Waals surface area contributed by atoms with Gasteiger partial charge in [0, 0.05) is 45.0 Å². The fourth-order valence-corrected chi connectivity index (χ4v) is 3.91. The SMILES string of the molecule is CCNCCn1c(NC2CCN(Cc3ccccc3)CC2)nc2cccnc21.Cl.Cl.Cl. The van der Waals surface area contributed by atoms with Crippen LogP contribution in [0.5, 0.6) is 0 Å². The van der Waals surface area contributed by atoms with Gasteiger partial charge >= 0.3 is 0 Å². The molecule has 6 nitrogen and oxygen atoms in total. The molecule has 4 rings (SSSR count). The van der Waals surface area contributed by atoms with Crippen molar-refractivity contribution in [2.75, 3.05) is 31.5 Å². The number of halogens is 3. The summed E-state index contributed by atoms with van der Waals surface area (Å²) in [6.45, 7) is 8.16. The lowest BCUT2D eigenvalue weighted by molar-refractivity contribution is 0.211. The van der Waals surface area contributed by atoms with Gasteiger partial charge < -0.3 is 10.6 Å². The van der Waals surface area contributed by atoms with Gasteiger partial charge in [-0.05, 0) is 37.1 Å². The zero-order valence-electron chi connectivity index (χ0n) is 17.9. The average molecular weight is 488 g/mol. The van der Waals surface area contributed by atoms with Gasteiger partial charge in [-0.3, -0.25) is 9.47 Å². The molecule has 1 aliphatic heterocycles. The van der Waals surface area contributed by atoms with Crippen molar-refractivity contribution in [2.24, 2.45) is 0 Å². The van der Waals surface area contributed by atoms with E-state index in [1.807, 2.05) is 18.3 Å². The first-order valence-corrected chi connectivity index (χ1v) is 10.4. The Kier molecular flexibility index (Phi) is 12.2. The zero-order chi connectivity index (χ0) is 19.2. The van der Waals surface area contributed by atoms with Crippen molar-refractivity contribution in [3.05, 3.63) is 54.2 Å². The zero-order valence-corrected chi connectivity index (χ0v) is 20.3. The standard InChI is InChI=1S/C22H30N6.3ClH/c1-2-23-13-16-28-21-20(9-6-12-24-21)26-22(28)25-19-10-14-27(15-11-19)17-18-7-4-3-5-8-18;;;/h3-9,12,19,23H,2,10-11,13-17H2,1H3,(H,25,26);3*1H. The summed E-state index contributed by atoms with van der Waals surface area (Å²) in [4.78, 5) is 11.9. The molecule has 0 amide bonds. The van der Waals surface area contributed by atoms with Crippen LogP contribution in [0.15, 0.2) is 48.7 Å². The highest BCUT2D eigenvalue weighted by atomic mass is 35.5. The Bertz CT molecular complexity index is 881. The number of aromatic nitrogens is 3. The molecule has 0 atom stereocenters. The fourth-order valence-electron chi connectivity index (χ4n) is 3.91. The maximum atomic E-state index is 4.82. The van der Waals surface area contributed by atoms with Crippen molar-refractivity contribution < 1.29 is 0 Å². The number of nitrogens with zero attached hydrogens (tertiary/aromatic N) is 4. The van der Waals surface area contributed by atoms with Crippen LogP contribution in [0.2, 0.25) is 0 Å². The third kappa shape index (κ3) is 7.22. The smallest absolute Gasteiger partial charge is 0.205 e. The number of hydrogen-bond donors (Lipinski definition) is 2. The van der Waals surface area contributed by atoms with Crippen LogP contribution >= 0.6 is 37.2 Å². The molecule has 2 N–H and O–H groups in total. The van der Waals surface area contributed by atoms with Crippen LogP contribution in [-0.2, 0) is 13.1 Å². The molecule has 0 unspecified atom stereocenters. The molecule has 0 saturated carbocycles. The summed E-state index contributed by atoms with van der Waals surface area (Å²) in [6, 6.07) is 15.2. The number of pyridine rings is 1. The van der Waals surface area contributed by atoms with Gasteiger partial charge in [0.25, 0.3) is 0 Å². The number of hydrogen-bond acceptors (Lipinski definition) is 5. The first kappa shape index (κ1) is 27.5. The van der Waals surface area contributed by atoms with E-state index < -0.39 is 0 Å². The molecule has 3 aromatic rings. The Balaban J connectivity index is 0.00000160. The molecule has 0 bridgehead atoms. The number of fused-ring (bicyclic) bond motifs is 1. The highest BCUT2D eigenvalue weighted by Gasteiger charge is 2.21. The van der Waals surface area contributed by atoms with Crippen LogP contribution in [0.1, 0.15) is 25.3 Å². The highest BCUT2D eigenvalue weighted by molar-refractivity contribution is 5.86. The van der Waals surface area contributed by atoms with Crippen molar-refractivity contribution >= 4 is 54.3 Å². The molecule has 0 spiro atoms. The van der Waals surface area contributed by atoms with Crippen molar-refractivity contribution in [1.82, 2.24) is 24.8 Å². The summed E-state index contributed by atoms with van der Waals surface area (Å²) < 4.78 is 2.22. The minimum absolute atomic E-state index is 0. The summed E-state index contributed by atoms with van der Waals surface area (Å²) in [5.74, 6) is 0.952. The van der Waals surface area contributed by atoms with Gasteiger partial charge in [0.05, 0.1) is 0 Å². The summed E-state index contributed by atoms with van der Waals surface area (Å²) in [5.41, 5.74) is 3.32. The van der Waals surface area contributed by atoms with Crippen LogP contribution < -0.4 is 10.6 Å². The first-order valence-electron chi connectivity index (χ1n) is 10.4. The molecule has 3 heterocycles. The lowest BCUT2D eigenvalue weighted by atomic mass is 10.0. The van der Waals surface area contributed by atoms with E-state index in [1.54, 1.807) is 0 Å². The van der Waals surface area contributed by atoms with Crippen molar-refractivity contribution in [2.45, 2.75) is 38.9 Å². The lowest BCUT2D eigenvalue weighted by Crippen LogP contribution is -2.39. The predicted octanol–water partition coefficient (Wildman–Crippen LogP) is 4.38. The number of imidazole rings is 1. The molecule has 0 aliphatic carbocycles. The van der Waals surface area contributed by atoms with Crippen LogP contribution in [0.3, 0.4) is 0 Å². The molecule has 0 radical (unpaired) electrons. The molecule has 9 heteroatoms. The van der Waals surface area contributed by atoms with Crippen molar-refractivity contribution in [3.63, 3.8) is 0 Å². The van der Waals surface area contributed by atoms with E-state index in [-0.39, 0.29) is 37.2 Å². The van der Waals surface area contributed by atoms with Gasteiger partial charge in [-0.15, -0.1) is 37.2 Å². The van der Waals surface area contributed by atoms with Crippen LogP contribution in [0, 0.1) is 0 Å². The Morgan fingerprint density at radius 2 is 1.74 bits per heavy atom. The third-order valence-corrected chi connectivity index (χ3v) is 5.44. The second-order valence-electron chi connectivity index (χ2n) is 7.47. The highest BCUT2D eigenvalue weighted by Crippen LogP contribution is 2.21. The molecule has 2 aromatic heterocycles. The molecule has 1 fully saturated rings. The van der Waals surface area contributed by atoms with Crippen LogP contribution in [0.4, 0.5) is 5.95 Å². The van der Waals surface area contributed by atoms with E-state index in [4.69, 9.17) is 4.98 Å². The number of benzene rings is 1. The minimum atomic E-state index is 0. The maximum Gasteiger partial charge on any atom is 0.205 e. The predicted molar refractivity (Wildman–Crippen MR) is 136 cm³/mol. The number of anilines is 1. The van der Waals surface area contributed by atoms with Crippen molar-refractivity contribution in [3.8, 4) is 0 Å². The monoisotopic (exact) mass is 486 g/mol. The Labute approximate surface area is 203 Å². The quantitative estimate of drug-likeness (QED) is 0.462. The number of piperidine rings is 1. The van der Waals surface area contributed by atoms with Gasteiger partial charge in [-0.2, -0.15) is 0 Å². The van der Waals surface area contributed by atoms with Gasteiger partial charge in [0.15, 0.2) is 5.65 Å². The van der Waals surface area contributed by atoms with Crippen LogP contribution in [-0.4, -0.2) is 51.7 Å². The lowest BCUT2D eigenvalue weighted by Gasteiger charge is -2.32. The number of likely N-dealkylation sites (tertiary alicyclic amines) is 1. The second-order valence-corrected chi connectivity index (χ2v) is 7.47. The topological polar surface area (TPSA) is 58.0 Å². The fraction of sp³-hybridized carbons (Fsp3) is 0.455. The second kappa shape index (κ2) is 13.8. The Hall–Kier alpha value is -1.57. The molecule has 31 heavy (non-hydrogen) atoms. The maximum absolute atomic E-state index is 4.82.